The Bertz CT molecular complexity index is 188. The van der Waals surface area contributed by atoms with Gasteiger partial charge in [0.1, 0.15) is 5.41 Å². The Labute approximate surface area is 77.5 Å². The molecule has 4 nitrogen and oxygen atoms in total. The molecule has 13 heavy (non-hydrogen) atoms. The van der Waals surface area contributed by atoms with Crippen molar-refractivity contribution < 1.29 is 19.7 Å². The molecule has 1 aliphatic rings. The van der Waals surface area contributed by atoms with Crippen molar-refractivity contribution >= 4 is 5.97 Å². The lowest BCUT2D eigenvalue weighted by molar-refractivity contribution is -0.173. The molecule has 1 fully saturated rings. The van der Waals surface area contributed by atoms with Gasteiger partial charge in [0.15, 0.2) is 0 Å². The van der Waals surface area contributed by atoms with Gasteiger partial charge in [0, 0.05) is 6.61 Å². The van der Waals surface area contributed by atoms with Crippen LogP contribution in [0.4, 0.5) is 0 Å². The van der Waals surface area contributed by atoms with Crippen LogP contribution in [0.3, 0.4) is 0 Å². The van der Waals surface area contributed by atoms with Gasteiger partial charge >= 0.3 is 5.97 Å². The number of aliphatic carboxylic acids is 1. The van der Waals surface area contributed by atoms with Crippen LogP contribution in [0.15, 0.2) is 0 Å². The van der Waals surface area contributed by atoms with Crippen molar-refractivity contribution in [1.29, 1.82) is 0 Å². The van der Waals surface area contributed by atoms with E-state index in [-0.39, 0.29) is 6.61 Å². The summed E-state index contributed by atoms with van der Waals surface area (Å²) in [4.78, 5) is 11.0. The molecule has 0 radical (unpaired) electrons. The summed E-state index contributed by atoms with van der Waals surface area (Å²) in [5, 5.41) is 18.7. The molecule has 2 N–H and O–H groups in total. The molecule has 0 aromatic rings. The van der Waals surface area contributed by atoms with Crippen LogP contribution in [0.5, 0.6) is 0 Å². The zero-order valence-electron chi connectivity index (χ0n) is 7.82. The number of aliphatic hydroxyl groups is 1. The Balaban J connectivity index is 2.79. The van der Waals surface area contributed by atoms with E-state index < -0.39 is 17.5 Å². The summed E-state index contributed by atoms with van der Waals surface area (Å²) in [7, 11) is 0. The van der Waals surface area contributed by atoms with Crippen LogP contribution in [0.1, 0.15) is 26.2 Å². The maximum atomic E-state index is 11.0. The van der Waals surface area contributed by atoms with Crippen molar-refractivity contribution in [1.82, 2.24) is 0 Å². The smallest absolute Gasteiger partial charge is 0.314 e. The molecule has 0 aromatic heterocycles. The van der Waals surface area contributed by atoms with Gasteiger partial charge in [-0.3, -0.25) is 4.79 Å². The van der Waals surface area contributed by atoms with E-state index in [0.717, 1.165) is 6.42 Å². The van der Waals surface area contributed by atoms with Gasteiger partial charge < -0.3 is 14.9 Å². The second kappa shape index (κ2) is 4.07. The lowest BCUT2D eigenvalue weighted by atomic mass is 9.76. The second-order valence-corrected chi connectivity index (χ2v) is 3.57. The molecule has 1 heterocycles. The van der Waals surface area contributed by atoms with Crippen molar-refractivity contribution in [3.8, 4) is 0 Å². The van der Waals surface area contributed by atoms with Crippen LogP contribution in [-0.4, -0.2) is 35.5 Å². The lowest BCUT2D eigenvalue weighted by Gasteiger charge is -2.37. The number of hydrogen-bond donors (Lipinski definition) is 2. The van der Waals surface area contributed by atoms with Crippen molar-refractivity contribution in [2.45, 2.75) is 32.3 Å². The van der Waals surface area contributed by atoms with Gasteiger partial charge in [-0.25, -0.2) is 0 Å². The molecule has 4 heteroatoms. The molecule has 0 bridgehead atoms. The predicted molar refractivity (Wildman–Crippen MR) is 46.4 cm³/mol. The maximum Gasteiger partial charge on any atom is 0.314 e. The third kappa shape index (κ3) is 1.84. The standard InChI is InChI=1S/C9H16O4/c1-2-4-9(8(11)12)6-13-5-3-7(9)10/h7,10H,2-6H2,1H3,(H,11,12). The van der Waals surface area contributed by atoms with E-state index in [1.54, 1.807) is 0 Å². The average molecular weight is 188 g/mol. The number of carbonyl (C=O) groups is 1. The minimum Gasteiger partial charge on any atom is -0.481 e. The average Bonchev–Trinajstić information content (AvgIpc) is 2.09. The van der Waals surface area contributed by atoms with Gasteiger partial charge in [0.2, 0.25) is 0 Å². The van der Waals surface area contributed by atoms with E-state index in [1.165, 1.54) is 0 Å². The molecule has 0 saturated carbocycles. The molecule has 0 aromatic carbocycles. The quantitative estimate of drug-likeness (QED) is 0.682. The van der Waals surface area contributed by atoms with Crippen LogP contribution in [0, 0.1) is 5.41 Å². The fourth-order valence-electron chi connectivity index (χ4n) is 1.82. The second-order valence-electron chi connectivity index (χ2n) is 3.57. The monoisotopic (exact) mass is 188 g/mol. The van der Waals surface area contributed by atoms with Crippen LogP contribution >= 0.6 is 0 Å². The van der Waals surface area contributed by atoms with E-state index in [0.29, 0.717) is 19.4 Å². The molecule has 0 aliphatic carbocycles. The van der Waals surface area contributed by atoms with Crippen molar-refractivity contribution in [3.05, 3.63) is 0 Å². The number of carboxylic acids is 1. The minimum atomic E-state index is -1.06. The molecule has 1 aliphatic heterocycles. The van der Waals surface area contributed by atoms with E-state index in [1.807, 2.05) is 6.92 Å². The van der Waals surface area contributed by atoms with Gasteiger partial charge in [0.05, 0.1) is 12.7 Å². The Morgan fingerprint density at radius 3 is 2.85 bits per heavy atom. The lowest BCUT2D eigenvalue weighted by Crippen LogP contribution is -2.49. The summed E-state index contributed by atoms with van der Waals surface area (Å²) < 4.78 is 5.13. The van der Waals surface area contributed by atoms with Crippen LogP contribution in [0.25, 0.3) is 0 Å². The Kier molecular flexibility index (Phi) is 3.27. The predicted octanol–water partition coefficient (Wildman–Crippen LogP) is 0.639. The van der Waals surface area contributed by atoms with Gasteiger partial charge in [-0.2, -0.15) is 0 Å². The Hall–Kier alpha value is -0.610. The third-order valence-electron chi connectivity index (χ3n) is 2.66. The first-order valence-corrected chi connectivity index (χ1v) is 4.62. The minimum absolute atomic E-state index is 0.136. The van der Waals surface area contributed by atoms with E-state index in [4.69, 9.17) is 9.84 Å². The van der Waals surface area contributed by atoms with Gasteiger partial charge in [-0.15, -0.1) is 0 Å². The summed E-state index contributed by atoms with van der Waals surface area (Å²) in [5.74, 6) is -0.943. The zero-order chi connectivity index (χ0) is 9.90. The van der Waals surface area contributed by atoms with Gasteiger partial charge in [-0.05, 0) is 12.8 Å². The molecule has 2 unspecified atom stereocenters. The van der Waals surface area contributed by atoms with Gasteiger partial charge in [0.25, 0.3) is 0 Å². The van der Waals surface area contributed by atoms with Crippen molar-refractivity contribution in [2.24, 2.45) is 5.41 Å². The Morgan fingerprint density at radius 2 is 2.38 bits per heavy atom. The Morgan fingerprint density at radius 1 is 1.69 bits per heavy atom. The molecule has 1 saturated heterocycles. The summed E-state index contributed by atoms with van der Waals surface area (Å²) in [5.41, 5.74) is -1.06. The van der Waals surface area contributed by atoms with E-state index >= 15 is 0 Å². The van der Waals surface area contributed by atoms with Crippen LogP contribution in [0.2, 0.25) is 0 Å². The van der Waals surface area contributed by atoms with Crippen molar-refractivity contribution in [2.75, 3.05) is 13.2 Å². The number of aliphatic hydroxyl groups excluding tert-OH is 1. The SMILES string of the molecule is CCCC1(C(=O)O)COCCC1O. The largest absolute Gasteiger partial charge is 0.481 e. The fraction of sp³-hybridized carbons (Fsp3) is 0.889. The first kappa shape index (κ1) is 10.5. The topological polar surface area (TPSA) is 66.8 Å². The number of ether oxygens (including phenoxy) is 1. The van der Waals surface area contributed by atoms with E-state index in [2.05, 4.69) is 0 Å². The van der Waals surface area contributed by atoms with Crippen LogP contribution in [-0.2, 0) is 9.53 Å². The maximum absolute atomic E-state index is 11.0. The number of carboxylic acid groups (broad SMARTS) is 1. The highest BCUT2D eigenvalue weighted by Crippen LogP contribution is 2.34. The van der Waals surface area contributed by atoms with Gasteiger partial charge in [-0.1, -0.05) is 13.3 Å². The highest BCUT2D eigenvalue weighted by molar-refractivity contribution is 5.75. The molecule has 76 valence electrons. The number of hydrogen-bond acceptors (Lipinski definition) is 3. The molecule has 1 rings (SSSR count). The first-order valence-electron chi connectivity index (χ1n) is 4.62. The zero-order valence-corrected chi connectivity index (χ0v) is 7.82. The summed E-state index contributed by atoms with van der Waals surface area (Å²) in [6.45, 7) is 2.50. The third-order valence-corrected chi connectivity index (χ3v) is 2.66. The fourth-order valence-corrected chi connectivity index (χ4v) is 1.82. The molecule has 0 amide bonds. The highest BCUT2D eigenvalue weighted by Gasteiger charge is 2.46. The highest BCUT2D eigenvalue weighted by atomic mass is 16.5. The number of rotatable bonds is 3. The summed E-state index contributed by atoms with van der Waals surface area (Å²) in [6.07, 6.45) is 0.876. The summed E-state index contributed by atoms with van der Waals surface area (Å²) >= 11 is 0. The first-order chi connectivity index (χ1) is 6.13. The van der Waals surface area contributed by atoms with Crippen LogP contribution < -0.4 is 0 Å². The molecular weight excluding hydrogens is 172 g/mol. The molecular formula is C9H16O4. The van der Waals surface area contributed by atoms with E-state index in [9.17, 15) is 9.90 Å². The summed E-state index contributed by atoms with van der Waals surface area (Å²) in [6, 6.07) is 0. The normalized spacial score (nSPS) is 34.5. The van der Waals surface area contributed by atoms with Crippen molar-refractivity contribution in [3.63, 3.8) is 0 Å². The molecule has 2 atom stereocenters. The molecule has 0 spiro atoms.